The number of nitrogens with zero attached hydrogens (tertiary/aromatic N) is 1. The van der Waals surface area contributed by atoms with Gasteiger partial charge in [-0.25, -0.2) is 4.79 Å². The van der Waals surface area contributed by atoms with Gasteiger partial charge in [0.15, 0.2) is 5.75 Å². The van der Waals surface area contributed by atoms with Crippen molar-refractivity contribution in [2.75, 3.05) is 0 Å². The average Bonchev–Trinajstić information content (AvgIpc) is 2.78. The minimum Gasteiger partial charge on any atom is -0.487 e. The van der Waals surface area contributed by atoms with Crippen molar-refractivity contribution in [2.45, 2.75) is 18.9 Å². The molecule has 2 aromatic carbocycles. The lowest BCUT2D eigenvalue weighted by Gasteiger charge is -2.24. The quantitative estimate of drug-likeness (QED) is 0.378. The number of carbonyl (C=O) groups is 1. The van der Waals surface area contributed by atoms with Crippen LogP contribution >= 0.6 is 0 Å². The van der Waals surface area contributed by atoms with E-state index in [1.807, 2.05) is 48.5 Å². The average molecular weight is 399 g/mol. The number of hydrogen-bond donors (Lipinski definition) is 0. The summed E-state index contributed by atoms with van der Waals surface area (Å²) in [7, 11) is 0. The number of carbonyl (C=O) groups excluding carboxylic acids is 1. The lowest BCUT2D eigenvalue weighted by atomic mass is 9.86. The molecule has 148 valence electrons. The minimum atomic E-state index is -0.489. The summed E-state index contributed by atoms with van der Waals surface area (Å²) in [6.45, 7) is 0.356. The highest BCUT2D eigenvalue weighted by atomic mass is 16.5. The van der Waals surface area contributed by atoms with Gasteiger partial charge in [0.05, 0.1) is 23.1 Å². The molecule has 0 unspecified atom stereocenters. The van der Waals surface area contributed by atoms with Crippen LogP contribution in [0.2, 0.25) is 0 Å². The Kier molecular flexibility index (Phi) is 4.52. The molecule has 5 rings (SSSR count). The standard InChI is InChI=1S/C24H17NO5/c26-21-13-19(22-23(30-21)18-6-1-2-7-20(18)29-24(22)27)15-8-10-17(11-9-15)28-14-16-5-3-4-12-25-16/h1-12,19H,13-14H2/t19-/m0/s1. The molecule has 0 fully saturated rings. The van der Waals surface area contributed by atoms with Crippen LogP contribution in [0.15, 0.2) is 82.1 Å². The fourth-order valence-electron chi connectivity index (χ4n) is 3.69. The summed E-state index contributed by atoms with van der Waals surface area (Å²) in [6, 6.07) is 20.0. The zero-order valence-electron chi connectivity index (χ0n) is 15.9. The third kappa shape index (κ3) is 3.33. The van der Waals surface area contributed by atoms with Gasteiger partial charge in [0.1, 0.15) is 17.9 Å². The van der Waals surface area contributed by atoms with E-state index in [4.69, 9.17) is 13.9 Å². The number of fused-ring (bicyclic) bond motifs is 3. The summed E-state index contributed by atoms with van der Waals surface area (Å²) in [6.07, 6.45) is 1.79. The Labute approximate surface area is 171 Å². The van der Waals surface area contributed by atoms with E-state index in [1.165, 1.54) is 0 Å². The predicted octanol–water partition coefficient (Wildman–Crippen LogP) is 4.21. The molecule has 6 heteroatoms. The van der Waals surface area contributed by atoms with Crippen LogP contribution < -0.4 is 15.1 Å². The SMILES string of the molecule is O=C1C[C@@H](c2ccc(OCc3ccccn3)cc2)c2c(c3ccccc3oc2=O)O1. The highest BCUT2D eigenvalue weighted by Crippen LogP contribution is 2.40. The molecule has 30 heavy (non-hydrogen) atoms. The second kappa shape index (κ2) is 7.48. The zero-order valence-corrected chi connectivity index (χ0v) is 15.9. The van der Waals surface area contributed by atoms with Gasteiger partial charge in [-0.05, 0) is 42.0 Å². The van der Waals surface area contributed by atoms with Crippen molar-refractivity contribution in [1.29, 1.82) is 0 Å². The summed E-state index contributed by atoms with van der Waals surface area (Å²) >= 11 is 0. The maximum atomic E-state index is 12.7. The minimum absolute atomic E-state index is 0.0737. The van der Waals surface area contributed by atoms with Gasteiger partial charge in [-0.15, -0.1) is 0 Å². The number of ether oxygens (including phenoxy) is 2. The molecule has 1 aliphatic rings. The molecular weight excluding hydrogens is 382 g/mol. The second-order valence-corrected chi connectivity index (χ2v) is 7.04. The topological polar surface area (TPSA) is 78.6 Å². The smallest absolute Gasteiger partial charge is 0.343 e. The molecule has 0 spiro atoms. The molecule has 0 saturated carbocycles. The van der Waals surface area contributed by atoms with Crippen LogP contribution in [0.3, 0.4) is 0 Å². The number of pyridine rings is 1. The highest BCUT2D eigenvalue weighted by molar-refractivity contribution is 5.90. The van der Waals surface area contributed by atoms with E-state index in [0.29, 0.717) is 34.6 Å². The zero-order chi connectivity index (χ0) is 20.5. The summed E-state index contributed by atoms with van der Waals surface area (Å²) in [5.41, 5.74) is 1.93. The van der Waals surface area contributed by atoms with Gasteiger partial charge >= 0.3 is 11.6 Å². The van der Waals surface area contributed by atoms with E-state index in [0.717, 1.165) is 11.3 Å². The van der Waals surface area contributed by atoms with Gasteiger partial charge in [-0.2, -0.15) is 0 Å². The summed E-state index contributed by atoms with van der Waals surface area (Å²) in [5, 5.41) is 0.612. The number of esters is 1. The Morgan fingerprint density at radius 1 is 0.967 bits per heavy atom. The third-order valence-electron chi connectivity index (χ3n) is 5.13. The van der Waals surface area contributed by atoms with Crippen molar-refractivity contribution < 1.29 is 18.7 Å². The van der Waals surface area contributed by atoms with E-state index in [1.54, 1.807) is 24.4 Å². The number of hydrogen-bond acceptors (Lipinski definition) is 6. The molecule has 4 aromatic rings. The van der Waals surface area contributed by atoms with Crippen LogP contribution in [-0.4, -0.2) is 11.0 Å². The molecule has 6 nitrogen and oxygen atoms in total. The monoisotopic (exact) mass is 399 g/mol. The summed E-state index contributed by atoms with van der Waals surface area (Å²) in [4.78, 5) is 29.2. The highest BCUT2D eigenvalue weighted by Gasteiger charge is 2.33. The van der Waals surface area contributed by atoms with Crippen LogP contribution in [0.25, 0.3) is 11.0 Å². The largest absolute Gasteiger partial charge is 0.487 e. The Bertz CT molecular complexity index is 1280. The fraction of sp³-hybridized carbons (Fsp3) is 0.125. The molecule has 1 aliphatic heterocycles. The number of benzene rings is 2. The normalized spacial score (nSPS) is 15.5. The molecule has 0 radical (unpaired) electrons. The summed E-state index contributed by atoms with van der Waals surface area (Å²) in [5.74, 6) is 0.151. The van der Waals surface area contributed by atoms with Crippen molar-refractivity contribution in [3.63, 3.8) is 0 Å². The molecule has 0 saturated heterocycles. The van der Waals surface area contributed by atoms with Crippen LogP contribution in [0.1, 0.15) is 29.2 Å². The van der Waals surface area contributed by atoms with E-state index in [-0.39, 0.29) is 12.4 Å². The molecule has 1 atom stereocenters. The van der Waals surface area contributed by atoms with E-state index in [9.17, 15) is 9.59 Å². The fourth-order valence-corrected chi connectivity index (χ4v) is 3.69. The maximum absolute atomic E-state index is 12.7. The van der Waals surface area contributed by atoms with Crippen molar-refractivity contribution >= 4 is 16.9 Å². The number of rotatable bonds is 4. The van der Waals surface area contributed by atoms with Crippen molar-refractivity contribution in [1.82, 2.24) is 4.98 Å². The van der Waals surface area contributed by atoms with E-state index in [2.05, 4.69) is 4.98 Å². The molecular formula is C24H17NO5. The Balaban J connectivity index is 1.47. The first kappa shape index (κ1) is 18.1. The van der Waals surface area contributed by atoms with Gasteiger partial charge in [-0.3, -0.25) is 9.78 Å². The first-order valence-electron chi connectivity index (χ1n) is 9.58. The van der Waals surface area contributed by atoms with Crippen LogP contribution in [0.5, 0.6) is 11.5 Å². The molecule has 0 bridgehead atoms. The van der Waals surface area contributed by atoms with Crippen LogP contribution in [-0.2, 0) is 11.4 Å². The maximum Gasteiger partial charge on any atom is 0.343 e. The first-order valence-corrected chi connectivity index (χ1v) is 9.58. The number of para-hydroxylation sites is 1. The van der Waals surface area contributed by atoms with Gasteiger partial charge in [-0.1, -0.05) is 30.3 Å². The van der Waals surface area contributed by atoms with Gasteiger partial charge in [0.25, 0.3) is 0 Å². The van der Waals surface area contributed by atoms with Gasteiger partial charge < -0.3 is 13.9 Å². The van der Waals surface area contributed by atoms with Crippen LogP contribution in [0.4, 0.5) is 0 Å². The molecule has 0 amide bonds. The first-order chi connectivity index (χ1) is 14.7. The van der Waals surface area contributed by atoms with E-state index < -0.39 is 11.5 Å². The summed E-state index contributed by atoms with van der Waals surface area (Å²) < 4.78 is 16.7. The van der Waals surface area contributed by atoms with Crippen LogP contribution in [0, 0.1) is 0 Å². The predicted molar refractivity (Wildman–Crippen MR) is 110 cm³/mol. The Hall–Kier alpha value is -3.93. The van der Waals surface area contributed by atoms with E-state index >= 15 is 0 Å². The second-order valence-electron chi connectivity index (χ2n) is 7.04. The molecule has 2 aromatic heterocycles. The van der Waals surface area contributed by atoms with Crippen molar-refractivity contribution in [2.24, 2.45) is 0 Å². The Morgan fingerprint density at radius 3 is 2.57 bits per heavy atom. The van der Waals surface area contributed by atoms with Crippen molar-refractivity contribution in [3.8, 4) is 11.5 Å². The number of aromatic nitrogens is 1. The molecule has 0 aliphatic carbocycles. The van der Waals surface area contributed by atoms with Gasteiger partial charge in [0, 0.05) is 12.1 Å². The third-order valence-corrected chi connectivity index (χ3v) is 5.13. The Morgan fingerprint density at radius 2 is 1.77 bits per heavy atom. The van der Waals surface area contributed by atoms with Gasteiger partial charge in [0.2, 0.25) is 0 Å². The lowest BCUT2D eigenvalue weighted by Crippen LogP contribution is -2.26. The molecule has 3 heterocycles. The van der Waals surface area contributed by atoms with Crippen molar-refractivity contribution in [3.05, 3.63) is 100 Å². The molecule has 0 N–H and O–H groups in total. The lowest BCUT2D eigenvalue weighted by molar-refractivity contribution is -0.135.